The van der Waals surface area contributed by atoms with E-state index < -0.39 is 0 Å². The molecule has 0 aliphatic rings. The number of anilines is 1. The fraction of sp³-hybridized carbons (Fsp3) is 0.0833. The number of hydrogen-bond acceptors (Lipinski definition) is 3. The van der Waals surface area contributed by atoms with Crippen LogP contribution in [0.5, 0.6) is 5.75 Å². The molecule has 1 heterocycles. The van der Waals surface area contributed by atoms with Gasteiger partial charge < -0.3 is 10.4 Å². The molecular weight excluding hydrogens is 259 g/mol. The topological polar surface area (TPSA) is 45.1 Å². The van der Waals surface area contributed by atoms with E-state index in [2.05, 4.69) is 10.3 Å². The monoisotopic (exact) mass is 268 g/mol. The van der Waals surface area contributed by atoms with Crippen LogP contribution in [0.4, 0.5) is 5.69 Å². The predicted molar refractivity (Wildman–Crippen MR) is 69.7 cm³/mol. The van der Waals surface area contributed by atoms with Gasteiger partial charge in [-0.2, -0.15) is 0 Å². The van der Waals surface area contributed by atoms with Crippen molar-refractivity contribution in [1.29, 1.82) is 0 Å². The molecule has 88 valence electrons. The van der Waals surface area contributed by atoms with Gasteiger partial charge in [-0.15, -0.1) is 0 Å². The molecule has 5 heteroatoms. The summed E-state index contributed by atoms with van der Waals surface area (Å²) in [4.78, 5) is 3.88. The van der Waals surface area contributed by atoms with Crippen LogP contribution in [0, 0.1) is 0 Å². The van der Waals surface area contributed by atoms with Crippen molar-refractivity contribution >= 4 is 28.9 Å². The Labute approximate surface area is 109 Å². The summed E-state index contributed by atoms with van der Waals surface area (Å²) in [5.74, 6) is 0.210. The number of phenolic OH excluding ortho intramolecular Hbond substituents is 1. The van der Waals surface area contributed by atoms with Crippen molar-refractivity contribution in [3.63, 3.8) is 0 Å². The van der Waals surface area contributed by atoms with Crippen molar-refractivity contribution in [2.24, 2.45) is 0 Å². The largest absolute Gasteiger partial charge is 0.508 e. The minimum absolute atomic E-state index is 0.210. The second-order valence-corrected chi connectivity index (χ2v) is 4.32. The van der Waals surface area contributed by atoms with Gasteiger partial charge in [-0.05, 0) is 30.3 Å². The number of rotatable bonds is 3. The SMILES string of the molecule is Oc1ccc(Cl)cc1CNc1ccnc(Cl)c1. The fourth-order valence-corrected chi connectivity index (χ4v) is 1.77. The van der Waals surface area contributed by atoms with Gasteiger partial charge in [-0.1, -0.05) is 23.2 Å². The molecule has 2 aromatic rings. The number of nitrogens with one attached hydrogen (secondary N) is 1. The van der Waals surface area contributed by atoms with E-state index in [1.54, 1.807) is 36.5 Å². The number of benzene rings is 1. The minimum atomic E-state index is 0.210. The van der Waals surface area contributed by atoms with Crippen LogP contribution < -0.4 is 5.32 Å². The van der Waals surface area contributed by atoms with Crippen molar-refractivity contribution in [3.05, 3.63) is 52.3 Å². The van der Waals surface area contributed by atoms with Crippen LogP contribution in [0.3, 0.4) is 0 Å². The standard InChI is InChI=1S/C12H10Cl2N2O/c13-9-1-2-11(17)8(5-9)7-16-10-3-4-15-12(14)6-10/h1-6,17H,7H2,(H,15,16). The second-order valence-electron chi connectivity index (χ2n) is 3.49. The molecule has 0 radical (unpaired) electrons. The van der Waals surface area contributed by atoms with Gasteiger partial charge in [0.15, 0.2) is 0 Å². The van der Waals surface area contributed by atoms with Crippen molar-refractivity contribution in [1.82, 2.24) is 4.98 Å². The maximum Gasteiger partial charge on any atom is 0.131 e. The van der Waals surface area contributed by atoms with E-state index in [1.165, 1.54) is 0 Å². The maximum absolute atomic E-state index is 9.63. The van der Waals surface area contributed by atoms with E-state index in [-0.39, 0.29) is 5.75 Å². The first-order valence-electron chi connectivity index (χ1n) is 4.98. The summed E-state index contributed by atoms with van der Waals surface area (Å²) >= 11 is 11.6. The van der Waals surface area contributed by atoms with Crippen LogP contribution in [0.25, 0.3) is 0 Å². The lowest BCUT2D eigenvalue weighted by molar-refractivity contribution is 0.469. The molecule has 0 unspecified atom stereocenters. The molecule has 2 rings (SSSR count). The van der Waals surface area contributed by atoms with Gasteiger partial charge in [0, 0.05) is 29.0 Å². The Bertz CT molecular complexity index is 532. The van der Waals surface area contributed by atoms with E-state index in [9.17, 15) is 5.11 Å². The third kappa shape index (κ3) is 3.25. The Morgan fingerprint density at radius 3 is 2.76 bits per heavy atom. The van der Waals surface area contributed by atoms with Crippen LogP contribution in [0.1, 0.15) is 5.56 Å². The molecule has 2 N–H and O–H groups in total. The zero-order valence-corrected chi connectivity index (χ0v) is 10.3. The van der Waals surface area contributed by atoms with Gasteiger partial charge in [0.2, 0.25) is 0 Å². The Kier molecular flexibility index (Phi) is 3.71. The average molecular weight is 269 g/mol. The summed E-state index contributed by atoms with van der Waals surface area (Å²) in [5, 5.41) is 13.8. The molecule has 0 aliphatic carbocycles. The van der Waals surface area contributed by atoms with Crippen LogP contribution in [-0.4, -0.2) is 10.1 Å². The highest BCUT2D eigenvalue weighted by molar-refractivity contribution is 6.30. The first kappa shape index (κ1) is 12.0. The Morgan fingerprint density at radius 2 is 2.00 bits per heavy atom. The number of aromatic nitrogens is 1. The molecule has 0 spiro atoms. The zero-order valence-electron chi connectivity index (χ0n) is 8.82. The number of halogens is 2. The molecule has 17 heavy (non-hydrogen) atoms. The third-order valence-corrected chi connectivity index (χ3v) is 2.69. The summed E-state index contributed by atoms with van der Waals surface area (Å²) in [7, 11) is 0. The highest BCUT2D eigenvalue weighted by Gasteiger charge is 2.02. The van der Waals surface area contributed by atoms with Crippen molar-refractivity contribution < 1.29 is 5.11 Å². The molecule has 0 amide bonds. The Hall–Kier alpha value is -1.45. The lowest BCUT2D eigenvalue weighted by atomic mass is 10.2. The van der Waals surface area contributed by atoms with Gasteiger partial charge >= 0.3 is 0 Å². The van der Waals surface area contributed by atoms with E-state index in [4.69, 9.17) is 23.2 Å². The van der Waals surface area contributed by atoms with Crippen LogP contribution in [0.2, 0.25) is 10.2 Å². The van der Waals surface area contributed by atoms with Gasteiger partial charge in [-0.25, -0.2) is 4.98 Å². The van der Waals surface area contributed by atoms with Crippen LogP contribution in [-0.2, 0) is 6.54 Å². The summed E-state index contributed by atoms with van der Waals surface area (Å²) < 4.78 is 0. The van der Waals surface area contributed by atoms with Crippen molar-refractivity contribution in [2.45, 2.75) is 6.54 Å². The molecule has 0 saturated heterocycles. The molecule has 0 aliphatic heterocycles. The van der Waals surface area contributed by atoms with Gasteiger partial charge in [0.1, 0.15) is 10.9 Å². The van der Waals surface area contributed by atoms with E-state index >= 15 is 0 Å². The number of nitrogens with zero attached hydrogens (tertiary/aromatic N) is 1. The Morgan fingerprint density at radius 1 is 1.18 bits per heavy atom. The normalized spacial score (nSPS) is 10.2. The van der Waals surface area contributed by atoms with Crippen LogP contribution >= 0.6 is 23.2 Å². The molecular formula is C12H10Cl2N2O. The van der Waals surface area contributed by atoms with Gasteiger partial charge in [0.25, 0.3) is 0 Å². The van der Waals surface area contributed by atoms with Crippen LogP contribution in [0.15, 0.2) is 36.5 Å². The number of aromatic hydroxyl groups is 1. The number of pyridine rings is 1. The summed E-state index contributed by atoms with van der Waals surface area (Å²) in [5.41, 5.74) is 1.56. The molecule has 0 bridgehead atoms. The smallest absolute Gasteiger partial charge is 0.131 e. The molecule has 0 saturated carbocycles. The lowest BCUT2D eigenvalue weighted by Crippen LogP contribution is -1.99. The zero-order chi connectivity index (χ0) is 12.3. The highest BCUT2D eigenvalue weighted by Crippen LogP contribution is 2.22. The molecule has 1 aromatic heterocycles. The lowest BCUT2D eigenvalue weighted by Gasteiger charge is -2.08. The summed E-state index contributed by atoms with van der Waals surface area (Å²) in [6.45, 7) is 0.465. The highest BCUT2D eigenvalue weighted by atomic mass is 35.5. The average Bonchev–Trinajstić information content (AvgIpc) is 2.30. The molecule has 0 atom stereocenters. The molecule has 1 aromatic carbocycles. The van der Waals surface area contributed by atoms with Crippen molar-refractivity contribution in [2.75, 3.05) is 5.32 Å². The molecule has 3 nitrogen and oxygen atoms in total. The quantitative estimate of drug-likeness (QED) is 0.835. The summed E-state index contributed by atoms with van der Waals surface area (Å²) in [6, 6.07) is 8.44. The third-order valence-electron chi connectivity index (χ3n) is 2.25. The van der Waals surface area contributed by atoms with E-state index in [0.717, 1.165) is 11.3 Å². The summed E-state index contributed by atoms with van der Waals surface area (Å²) in [6.07, 6.45) is 1.61. The molecule has 0 fully saturated rings. The first-order chi connectivity index (χ1) is 8.15. The first-order valence-corrected chi connectivity index (χ1v) is 5.73. The number of phenols is 1. The number of hydrogen-bond donors (Lipinski definition) is 2. The van der Waals surface area contributed by atoms with Gasteiger partial charge in [-0.3, -0.25) is 0 Å². The Balaban J connectivity index is 2.09. The van der Waals surface area contributed by atoms with E-state index in [1.807, 2.05) is 0 Å². The van der Waals surface area contributed by atoms with Crippen molar-refractivity contribution in [3.8, 4) is 5.75 Å². The second kappa shape index (κ2) is 5.25. The minimum Gasteiger partial charge on any atom is -0.508 e. The van der Waals surface area contributed by atoms with E-state index in [0.29, 0.717) is 16.7 Å². The maximum atomic E-state index is 9.63. The predicted octanol–water partition coefficient (Wildman–Crippen LogP) is 3.71. The fourth-order valence-electron chi connectivity index (χ4n) is 1.41. The van der Waals surface area contributed by atoms with Gasteiger partial charge in [0.05, 0.1) is 0 Å².